The Morgan fingerprint density at radius 3 is 2.39 bits per heavy atom. The van der Waals surface area contributed by atoms with Crippen molar-refractivity contribution in [2.75, 3.05) is 6.54 Å². The summed E-state index contributed by atoms with van der Waals surface area (Å²) in [5, 5.41) is 20.3. The summed E-state index contributed by atoms with van der Waals surface area (Å²) in [6.07, 6.45) is 0. The molecular formula is C13H14N2O3. The van der Waals surface area contributed by atoms with Gasteiger partial charge in [-0.1, -0.05) is 12.1 Å². The van der Waals surface area contributed by atoms with Crippen LogP contribution in [0.25, 0.3) is 0 Å². The van der Waals surface area contributed by atoms with Crippen molar-refractivity contribution in [1.29, 1.82) is 5.26 Å². The molecule has 0 bridgehead atoms. The minimum absolute atomic E-state index is 0.0511. The maximum absolute atomic E-state index is 11.8. The molecule has 0 aliphatic rings. The average Bonchev–Trinajstić information content (AvgIpc) is 2.36. The number of amides is 1. The van der Waals surface area contributed by atoms with Gasteiger partial charge in [-0.15, -0.1) is 0 Å². The van der Waals surface area contributed by atoms with Gasteiger partial charge in [0.05, 0.1) is 22.6 Å². The molecule has 1 aromatic carbocycles. The van der Waals surface area contributed by atoms with Crippen LogP contribution in [0.2, 0.25) is 0 Å². The van der Waals surface area contributed by atoms with E-state index in [2.05, 4.69) is 11.4 Å². The summed E-state index contributed by atoms with van der Waals surface area (Å²) in [4.78, 5) is 22.8. The number of carbonyl (C=O) groups is 2. The fourth-order valence-corrected chi connectivity index (χ4v) is 1.30. The van der Waals surface area contributed by atoms with E-state index in [-0.39, 0.29) is 17.7 Å². The fraction of sp³-hybridized carbons (Fsp3) is 0.308. The number of benzene rings is 1. The van der Waals surface area contributed by atoms with Gasteiger partial charge in [-0.05, 0) is 26.0 Å². The van der Waals surface area contributed by atoms with E-state index in [9.17, 15) is 9.59 Å². The van der Waals surface area contributed by atoms with E-state index in [0.29, 0.717) is 0 Å². The van der Waals surface area contributed by atoms with Crippen LogP contribution in [-0.2, 0) is 0 Å². The molecule has 0 fully saturated rings. The number of carboxylic acid groups (broad SMARTS) is 1. The highest BCUT2D eigenvalue weighted by Gasteiger charge is 2.20. The highest BCUT2D eigenvalue weighted by atomic mass is 16.4. The molecule has 0 saturated heterocycles. The van der Waals surface area contributed by atoms with E-state index in [0.717, 1.165) is 0 Å². The second-order valence-electron chi connectivity index (χ2n) is 4.53. The molecule has 0 heterocycles. The molecular weight excluding hydrogens is 232 g/mol. The normalized spacial score (nSPS) is 10.5. The van der Waals surface area contributed by atoms with Crippen LogP contribution < -0.4 is 5.32 Å². The van der Waals surface area contributed by atoms with Crippen molar-refractivity contribution in [3.63, 3.8) is 0 Å². The summed E-state index contributed by atoms with van der Waals surface area (Å²) in [6, 6.07) is 8.01. The Hall–Kier alpha value is -2.35. The smallest absolute Gasteiger partial charge is 0.336 e. The Morgan fingerprint density at radius 2 is 1.89 bits per heavy atom. The van der Waals surface area contributed by atoms with Gasteiger partial charge in [0.2, 0.25) is 0 Å². The van der Waals surface area contributed by atoms with Gasteiger partial charge in [0, 0.05) is 6.54 Å². The van der Waals surface area contributed by atoms with Crippen LogP contribution in [-0.4, -0.2) is 23.5 Å². The molecule has 2 N–H and O–H groups in total. The van der Waals surface area contributed by atoms with E-state index in [1.807, 2.05) is 0 Å². The monoisotopic (exact) mass is 246 g/mol. The molecule has 0 unspecified atom stereocenters. The number of nitrogens with zero attached hydrogens (tertiary/aromatic N) is 1. The molecule has 18 heavy (non-hydrogen) atoms. The van der Waals surface area contributed by atoms with Crippen LogP contribution >= 0.6 is 0 Å². The van der Waals surface area contributed by atoms with Crippen molar-refractivity contribution >= 4 is 11.9 Å². The molecule has 5 heteroatoms. The standard InChI is InChI=1S/C13H14N2O3/c1-13(2,7-14)8-15-11(16)9-5-3-4-6-10(9)12(17)18/h3-6H,8H2,1-2H3,(H,15,16)(H,17,18). The number of rotatable bonds is 4. The molecule has 0 radical (unpaired) electrons. The van der Waals surface area contributed by atoms with Crippen LogP contribution in [0, 0.1) is 16.7 Å². The average molecular weight is 246 g/mol. The molecule has 1 rings (SSSR count). The van der Waals surface area contributed by atoms with Crippen molar-refractivity contribution in [3.8, 4) is 6.07 Å². The Bertz CT molecular complexity index is 515. The van der Waals surface area contributed by atoms with Crippen LogP contribution in [0.1, 0.15) is 34.6 Å². The summed E-state index contributed by atoms with van der Waals surface area (Å²) in [7, 11) is 0. The molecule has 1 amide bonds. The Kier molecular flexibility index (Phi) is 4.05. The van der Waals surface area contributed by atoms with E-state index in [1.54, 1.807) is 26.0 Å². The number of aromatic carboxylic acids is 1. The molecule has 1 aromatic rings. The first-order valence-electron chi connectivity index (χ1n) is 5.39. The summed E-state index contributed by atoms with van der Waals surface area (Å²) in [5.74, 6) is -1.64. The molecule has 0 aromatic heterocycles. The van der Waals surface area contributed by atoms with Gasteiger partial charge < -0.3 is 10.4 Å². The van der Waals surface area contributed by atoms with Crippen molar-refractivity contribution in [2.24, 2.45) is 5.41 Å². The molecule has 0 aliphatic carbocycles. The lowest BCUT2D eigenvalue weighted by Crippen LogP contribution is -2.33. The van der Waals surface area contributed by atoms with Crippen molar-refractivity contribution in [3.05, 3.63) is 35.4 Å². The number of nitrogens with one attached hydrogen (secondary N) is 1. The van der Waals surface area contributed by atoms with E-state index < -0.39 is 17.3 Å². The third kappa shape index (κ3) is 3.32. The predicted molar refractivity (Wildman–Crippen MR) is 65.1 cm³/mol. The van der Waals surface area contributed by atoms with Crippen LogP contribution in [0.15, 0.2) is 24.3 Å². The van der Waals surface area contributed by atoms with Gasteiger partial charge in [-0.3, -0.25) is 4.79 Å². The van der Waals surface area contributed by atoms with Crippen molar-refractivity contribution < 1.29 is 14.7 Å². The van der Waals surface area contributed by atoms with Crippen LogP contribution in [0.3, 0.4) is 0 Å². The van der Waals surface area contributed by atoms with Gasteiger partial charge in [0.25, 0.3) is 5.91 Å². The first-order chi connectivity index (χ1) is 8.37. The maximum atomic E-state index is 11.8. The summed E-state index contributed by atoms with van der Waals surface area (Å²) >= 11 is 0. The highest BCUT2D eigenvalue weighted by Crippen LogP contribution is 2.13. The molecule has 0 saturated carbocycles. The number of carbonyl (C=O) groups excluding carboxylic acids is 1. The lowest BCUT2D eigenvalue weighted by Gasteiger charge is -2.16. The van der Waals surface area contributed by atoms with E-state index in [4.69, 9.17) is 10.4 Å². The van der Waals surface area contributed by atoms with Gasteiger partial charge in [-0.2, -0.15) is 5.26 Å². The third-order valence-corrected chi connectivity index (χ3v) is 2.40. The lowest BCUT2D eigenvalue weighted by atomic mass is 9.95. The van der Waals surface area contributed by atoms with E-state index in [1.165, 1.54) is 12.1 Å². The zero-order chi connectivity index (χ0) is 13.8. The topological polar surface area (TPSA) is 90.2 Å². The highest BCUT2D eigenvalue weighted by molar-refractivity contribution is 6.04. The fourth-order valence-electron chi connectivity index (χ4n) is 1.30. The van der Waals surface area contributed by atoms with Gasteiger partial charge >= 0.3 is 5.97 Å². The molecule has 0 aliphatic heterocycles. The van der Waals surface area contributed by atoms with Crippen molar-refractivity contribution in [1.82, 2.24) is 5.32 Å². The molecule has 94 valence electrons. The molecule has 0 atom stereocenters. The number of carboxylic acids is 1. The summed E-state index contributed by atoms with van der Waals surface area (Å²) < 4.78 is 0. The maximum Gasteiger partial charge on any atom is 0.336 e. The summed E-state index contributed by atoms with van der Waals surface area (Å²) in [6.45, 7) is 3.54. The first kappa shape index (κ1) is 13.7. The second-order valence-corrected chi connectivity index (χ2v) is 4.53. The van der Waals surface area contributed by atoms with E-state index >= 15 is 0 Å². The van der Waals surface area contributed by atoms with Gasteiger partial charge in [-0.25, -0.2) is 4.79 Å². The molecule has 0 spiro atoms. The predicted octanol–water partition coefficient (Wildman–Crippen LogP) is 1.66. The van der Waals surface area contributed by atoms with Crippen molar-refractivity contribution in [2.45, 2.75) is 13.8 Å². The number of hydrogen-bond acceptors (Lipinski definition) is 3. The Balaban J connectivity index is 2.86. The Morgan fingerprint density at radius 1 is 1.33 bits per heavy atom. The molecule has 5 nitrogen and oxygen atoms in total. The second kappa shape index (κ2) is 5.32. The third-order valence-electron chi connectivity index (χ3n) is 2.40. The van der Waals surface area contributed by atoms with Gasteiger partial charge in [0.1, 0.15) is 0 Å². The summed E-state index contributed by atoms with van der Waals surface area (Å²) in [5.41, 5.74) is -0.642. The van der Waals surface area contributed by atoms with Gasteiger partial charge in [0.15, 0.2) is 0 Å². The quantitative estimate of drug-likeness (QED) is 0.845. The first-order valence-corrected chi connectivity index (χ1v) is 5.39. The minimum Gasteiger partial charge on any atom is -0.478 e. The minimum atomic E-state index is -1.15. The SMILES string of the molecule is CC(C)(C#N)CNC(=O)c1ccccc1C(=O)O. The number of hydrogen-bond donors (Lipinski definition) is 2. The largest absolute Gasteiger partial charge is 0.478 e. The van der Waals surface area contributed by atoms with Crippen LogP contribution in [0.4, 0.5) is 0 Å². The lowest BCUT2D eigenvalue weighted by molar-refractivity contribution is 0.0691. The van der Waals surface area contributed by atoms with Crippen LogP contribution in [0.5, 0.6) is 0 Å². The zero-order valence-electron chi connectivity index (χ0n) is 10.2. The number of nitriles is 1. The zero-order valence-corrected chi connectivity index (χ0v) is 10.2. The Labute approximate surface area is 105 Å².